The minimum absolute atomic E-state index is 0.00201. The maximum atomic E-state index is 11.3. The van der Waals surface area contributed by atoms with Crippen molar-refractivity contribution in [3.8, 4) is 5.75 Å². The van der Waals surface area contributed by atoms with Gasteiger partial charge < -0.3 is 9.84 Å². The van der Waals surface area contributed by atoms with E-state index in [1.54, 1.807) is 0 Å². The first-order valence-electron chi connectivity index (χ1n) is 11.1. The summed E-state index contributed by atoms with van der Waals surface area (Å²) in [5.74, 6) is 2.84. The smallest absolute Gasteiger partial charge is 0.119 e. The van der Waals surface area contributed by atoms with Gasteiger partial charge in [-0.3, -0.25) is 4.68 Å². The van der Waals surface area contributed by atoms with Crippen molar-refractivity contribution in [3.63, 3.8) is 0 Å². The number of aliphatic hydroxyl groups excluding tert-OH is 1. The topological polar surface area (TPSA) is 47.3 Å². The largest absolute Gasteiger partial charge is 0.494 e. The van der Waals surface area contributed by atoms with Crippen LogP contribution in [0.4, 0.5) is 0 Å². The van der Waals surface area contributed by atoms with Crippen molar-refractivity contribution < 1.29 is 9.84 Å². The summed E-state index contributed by atoms with van der Waals surface area (Å²) < 4.78 is 7.56. The van der Waals surface area contributed by atoms with Gasteiger partial charge in [-0.25, -0.2) is 0 Å². The molecule has 1 aromatic heterocycles. The number of ether oxygens (including phenoxy) is 1. The third-order valence-corrected chi connectivity index (χ3v) is 7.96. The second kappa shape index (κ2) is 7.02. The Labute approximate surface area is 173 Å². The van der Waals surface area contributed by atoms with Gasteiger partial charge in [0.1, 0.15) is 5.75 Å². The molecular formula is C25H32N2O2. The van der Waals surface area contributed by atoms with Crippen LogP contribution in [0.3, 0.4) is 0 Å². The van der Waals surface area contributed by atoms with Crippen LogP contribution in [0.25, 0.3) is 6.08 Å². The van der Waals surface area contributed by atoms with Crippen LogP contribution in [-0.4, -0.2) is 27.6 Å². The van der Waals surface area contributed by atoms with E-state index in [1.807, 2.05) is 31.0 Å². The van der Waals surface area contributed by atoms with Crippen molar-refractivity contribution in [3.05, 3.63) is 52.9 Å². The van der Waals surface area contributed by atoms with E-state index in [2.05, 4.69) is 36.3 Å². The third-order valence-electron chi connectivity index (χ3n) is 7.96. The Balaban J connectivity index is 1.44. The summed E-state index contributed by atoms with van der Waals surface area (Å²) in [5.41, 5.74) is 5.30. The van der Waals surface area contributed by atoms with E-state index in [1.165, 1.54) is 29.5 Å². The van der Waals surface area contributed by atoms with Crippen LogP contribution < -0.4 is 4.74 Å². The maximum Gasteiger partial charge on any atom is 0.119 e. The monoisotopic (exact) mass is 392 g/mol. The molecular weight excluding hydrogens is 360 g/mol. The highest BCUT2D eigenvalue weighted by atomic mass is 16.5. The second-order valence-electron chi connectivity index (χ2n) is 9.53. The number of rotatable bonds is 3. The lowest BCUT2D eigenvalue weighted by Gasteiger charge is -2.49. The standard InChI is InChI=1S/C25H32N2O2/c1-4-29-19-6-8-20-17(12-19)5-7-22-21(20)9-10-25(2)23(22)13-18(24(25)28)11-16-14-26-27(3)15-16/h6,8,11-12,14-15,21-24,28H,4-5,7,9-10,13H2,1-3H3/b18-11+/t21-,22+,23+,24-,25+/m0/s1. The summed E-state index contributed by atoms with van der Waals surface area (Å²) in [6.45, 7) is 5.09. The van der Waals surface area contributed by atoms with Crippen LogP contribution in [-0.2, 0) is 13.5 Å². The fraction of sp³-hybridized carbons (Fsp3) is 0.560. The number of nitrogens with zero attached hydrogens (tertiary/aromatic N) is 2. The number of aliphatic hydroxyl groups is 1. The number of aryl methyl sites for hydroxylation is 2. The molecule has 4 nitrogen and oxygen atoms in total. The highest BCUT2D eigenvalue weighted by molar-refractivity contribution is 5.54. The average molecular weight is 393 g/mol. The highest BCUT2D eigenvalue weighted by Crippen LogP contribution is 2.62. The molecule has 0 unspecified atom stereocenters. The molecule has 3 aliphatic rings. The lowest BCUT2D eigenvalue weighted by molar-refractivity contribution is -0.0158. The predicted molar refractivity (Wildman–Crippen MR) is 115 cm³/mol. The summed E-state index contributed by atoms with van der Waals surface area (Å²) >= 11 is 0. The lowest BCUT2D eigenvalue weighted by Crippen LogP contribution is -2.44. The van der Waals surface area contributed by atoms with Crippen molar-refractivity contribution in [1.29, 1.82) is 0 Å². The molecule has 0 spiro atoms. The van der Waals surface area contributed by atoms with Crippen molar-refractivity contribution in [1.82, 2.24) is 9.78 Å². The molecule has 2 aromatic rings. The van der Waals surface area contributed by atoms with E-state index in [9.17, 15) is 5.11 Å². The Kier molecular flexibility index (Phi) is 4.58. The van der Waals surface area contributed by atoms with Gasteiger partial charge in [0.05, 0.1) is 18.9 Å². The first-order chi connectivity index (χ1) is 14.0. The third kappa shape index (κ3) is 3.04. The minimum Gasteiger partial charge on any atom is -0.494 e. The van der Waals surface area contributed by atoms with Gasteiger partial charge in [-0.15, -0.1) is 0 Å². The molecule has 5 rings (SSSR count). The summed E-state index contributed by atoms with van der Waals surface area (Å²) in [5, 5.41) is 15.6. The van der Waals surface area contributed by atoms with Crippen molar-refractivity contribution in [2.45, 2.75) is 58.0 Å². The zero-order chi connectivity index (χ0) is 20.2. The quantitative estimate of drug-likeness (QED) is 0.821. The van der Waals surface area contributed by atoms with E-state index >= 15 is 0 Å². The Bertz CT molecular complexity index is 946. The van der Waals surface area contributed by atoms with Gasteiger partial charge in [-0.2, -0.15) is 5.10 Å². The van der Waals surface area contributed by atoms with E-state index < -0.39 is 0 Å². The van der Waals surface area contributed by atoms with Crippen LogP contribution >= 0.6 is 0 Å². The minimum atomic E-state index is -0.338. The van der Waals surface area contributed by atoms with Crippen molar-refractivity contribution >= 4 is 6.08 Å². The maximum absolute atomic E-state index is 11.3. The zero-order valence-corrected chi connectivity index (χ0v) is 17.8. The van der Waals surface area contributed by atoms with Crippen LogP contribution in [0.15, 0.2) is 36.2 Å². The van der Waals surface area contributed by atoms with E-state index in [0.29, 0.717) is 17.8 Å². The predicted octanol–water partition coefficient (Wildman–Crippen LogP) is 4.73. The Hall–Kier alpha value is -2.07. The molecule has 3 aliphatic carbocycles. The summed E-state index contributed by atoms with van der Waals surface area (Å²) in [6.07, 6.45) is 11.4. The van der Waals surface area contributed by atoms with Crippen molar-refractivity contribution in [2.75, 3.05) is 6.61 Å². The SMILES string of the molecule is CCOc1ccc2c(c1)CC[C@H]1[C@H]3C/C(=C\c4cnn(C)c4)[C@H](O)[C@]3(C)CC[C@@H]21. The van der Waals surface area contributed by atoms with Gasteiger partial charge in [-0.05, 0) is 85.6 Å². The average Bonchev–Trinajstić information content (AvgIpc) is 3.23. The van der Waals surface area contributed by atoms with Gasteiger partial charge in [0.15, 0.2) is 0 Å². The van der Waals surface area contributed by atoms with Crippen LogP contribution in [0.5, 0.6) is 5.75 Å². The lowest BCUT2D eigenvalue weighted by atomic mass is 9.55. The molecule has 154 valence electrons. The molecule has 0 amide bonds. The highest BCUT2D eigenvalue weighted by Gasteiger charge is 2.56. The Morgan fingerprint density at radius 3 is 2.97 bits per heavy atom. The molecule has 0 bridgehead atoms. The van der Waals surface area contributed by atoms with Gasteiger partial charge >= 0.3 is 0 Å². The first-order valence-corrected chi connectivity index (χ1v) is 11.1. The van der Waals surface area contributed by atoms with Crippen LogP contribution in [0, 0.1) is 17.3 Å². The molecule has 5 atom stereocenters. The summed E-state index contributed by atoms with van der Waals surface area (Å²) in [6, 6.07) is 6.73. The molecule has 1 aromatic carbocycles. The molecule has 1 heterocycles. The zero-order valence-electron chi connectivity index (χ0n) is 17.8. The first kappa shape index (κ1) is 18.9. The number of fused-ring (bicyclic) bond motifs is 5. The number of hydrogen-bond donors (Lipinski definition) is 1. The van der Waals surface area contributed by atoms with Gasteiger partial charge in [0.25, 0.3) is 0 Å². The normalized spacial score (nSPS) is 34.6. The van der Waals surface area contributed by atoms with Gasteiger partial charge in [0.2, 0.25) is 0 Å². The second-order valence-corrected chi connectivity index (χ2v) is 9.53. The Morgan fingerprint density at radius 2 is 2.21 bits per heavy atom. The molecule has 2 fully saturated rings. The molecule has 4 heteroatoms. The Morgan fingerprint density at radius 1 is 1.34 bits per heavy atom. The molecule has 0 aliphatic heterocycles. The van der Waals surface area contributed by atoms with Gasteiger partial charge in [-0.1, -0.05) is 19.1 Å². The van der Waals surface area contributed by atoms with E-state index in [-0.39, 0.29) is 11.5 Å². The van der Waals surface area contributed by atoms with Gasteiger partial charge in [0, 0.05) is 24.2 Å². The number of hydrogen-bond acceptors (Lipinski definition) is 3. The van der Waals surface area contributed by atoms with Crippen LogP contribution in [0.1, 0.15) is 62.1 Å². The molecule has 29 heavy (non-hydrogen) atoms. The van der Waals surface area contributed by atoms with Crippen LogP contribution in [0.2, 0.25) is 0 Å². The number of benzene rings is 1. The summed E-state index contributed by atoms with van der Waals surface area (Å²) in [7, 11) is 1.94. The molecule has 2 saturated carbocycles. The fourth-order valence-electron chi connectivity index (χ4n) is 6.54. The van der Waals surface area contributed by atoms with E-state index in [0.717, 1.165) is 37.2 Å². The molecule has 0 radical (unpaired) electrons. The number of aromatic nitrogens is 2. The fourth-order valence-corrected chi connectivity index (χ4v) is 6.54. The summed E-state index contributed by atoms with van der Waals surface area (Å²) in [4.78, 5) is 0. The molecule has 1 N–H and O–H groups in total. The van der Waals surface area contributed by atoms with E-state index in [4.69, 9.17) is 4.74 Å². The molecule has 0 saturated heterocycles. The van der Waals surface area contributed by atoms with Crippen molar-refractivity contribution in [2.24, 2.45) is 24.3 Å².